The van der Waals surface area contributed by atoms with E-state index in [1.54, 1.807) is 0 Å². The monoisotopic (exact) mass is 282 g/mol. The molecular formula is C18H19FN2. The van der Waals surface area contributed by atoms with Crippen molar-refractivity contribution < 1.29 is 4.39 Å². The summed E-state index contributed by atoms with van der Waals surface area (Å²) >= 11 is 0. The summed E-state index contributed by atoms with van der Waals surface area (Å²) in [5.74, 6) is -0.182. The van der Waals surface area contributed by atoms with E-state index in [-0.39, 0.29) is 5.82 Å². The van der Waals surface area contributed by atoms with Crippen molar-refractivity contribution in [2.75, 3.05) is 24.5 Å². The van der Waals surface area contributed by atoms with Crippen molar-refractivity contribution in [3.8, 4) is 11.1 Å². The molecule has 2 aliphatic heterocycles. The molecule has 4 rings (SSSR count). The standard InChI is InChI=1S/C18H19FN2/c19-16-5-3-13(4-6-16)14-1-2-15-11-17-7-8-20-9-10-21(17)18(15)12-14/h1-6,12,17,20H,7-11H2. The Morgan fingerprint density at radius 1 is 1.00 bits per heavy atom. The number of benzene rings is 2. The molecule has 2 aromatic carbocycles. The molecule has 0 saturated carbocycles. The van der Waals surface area contributed by atoms with E-state index < -0.39 is 0 Å². The molecule has 0 aromatic heterocycles. The normalized spacial score (nSPS) is 20.8. The van der Waals surface area contributed by atoms with Crippen LogP contribution >= 0.6 is 0 Å². The molecule has 0 aliphatic carbocycles. The van der Waals surface area contributed by atoms with Crippen LogP contribution in [0.2, 0.25) is 0 Å². The molecule has 2 aliphatic rings. The van der Waals surface area contributed by atoms with Crippen molar-refractivity contribution in [1.82, 2.24) is 5.32 Å². The molecule has 0 radical (unpaired) electrons. The fourth-order valence-corrected chi connectivity index (χ4v) is 3.54. The summed E-state index contributed by atoms with van der Waals surface area (Å²) in [6, 6.07) is 14.1. The second-order valence-corrected chi connectivity index (χ2v) is 5.94. The van der Waals surface area contributed by atoms with Crippen molar-refractivity contribution in [3.05, 3.63) is 53.8 Å². The van der Waals surface area contributed by atoms with Crippen LogP contribution in [0.3, 0.4) is 0 Å². The van der Waals surface area contributed by atoms with Gasteiger partial charge in [0, 0.05) is 24.8 Å². The van der Waals surface area contributed by atoms with E-state index in [4.69, 9.17) is 0 Å². The third kappa shape index (κ3) is 2.32. The van der Waals surface area contributed by atoms with E-state index in [9.17, 15) is 4.39 Å². The van der Waals surface area contributed by atoms with E-state index in [1.165, 1.54) is 35.4 Å². The van der Waals surface area contributed by atoms with Crippen LogP contribution in [0.4, 0.5) is 10.1 Å². The molecule has 1 saturated heterocycles. The van der Waals surface area contributed by atoms with Gasteiger partial charge in [0.05, 0.1) is 0 Å². The maximum absolute atomic E-state index is 13.1. The molecule has 0 amide bonds. The lowest BCUT2D eigenvalue weighted by molar-refractivity contribution is 0.612. The van der Waals surface area contributed by atoms with Gasteiger partial charge in [-0.25, -0.2) is 4.39 Å². The maximum atomic E-state index is 13.1. The highest BCUT2D eigenvalue weighted by molar-refractivity contribution is 5.72. The van der Waals surface area contributed by atoms with Crippen LogP contribution in [0, 0.1) is 5.82 Å². The highest BCUT2D eigenvalue weighted by Crippen LogP contribution is 2.37. The molecule has 0 bridgehead atoms. The lowest BCUT2D eigenvalue weighted by atomic mass is 10.0. The van der Waals surface area contributed by atoms with Gasteiger partial charge in [0.1, 0.15) is 5.82 Å². The Morgan fingerprint density at radius 2 is 1.81 bits per heavy atom. The predicted molar refractivity (Wildman–Crippen MR) is 84.2 cm³/mol. The Balaban J connectivity index is 1.71. The Labute approximate surface area is 124 Å². The SMILES string of the molecule is Fc1ccc(-c2ccc3c(c2)N2CCNCCC2C3)cc1. The van der Waals surface area contributed by atoms with Crippen LogP contribution in [0.15, 0.2) is 42.5 Å². The van der Waals surface area contributed by atoms with E-state index in [2.05, 4.69) is 28.4 Å². The van der Waals surface area contributed by atoms with Crippen LogP contribution in [0.5, 0.6) is 0 Å². The van der Waals surface area contributed by atoms with E-state index in [0.29, 0.717) is 6.04 Å². The first-order chi connectivity index (χ1) is 10.3. The van der Waals surface area contributed by atoms with Gasteiger partial charge >= 0.3 is 0 Å². The first-order valence-corrected chi connectivity index (χ1v) is 7.67. The van der Waals surface area contributed by atoms with Gasteiger partial charge in [-0.3, -0.25) is 0 Å². The highest BCUT2D eigenvalue weighted by atomic mass is 19.1. The first kappa shape index (κ1) is 12.8. The summed E-state index contributed by atoms with van der Waals surface area (Å²) in [6.07, 6.45) is 2.36. The maximum Gasteiger partial charge on any atom is 0.123 e. The minimum Gasteiger partial charge on any atom is -0.367 e. The molecule has 2 nitrogen and oxygen atoms in total. The molecule has 0 spiro atoms. The molecule has 108 valence electrons. The van der Waals surface area contributed by atoms with Crippen LogP contribution in [-0.4, -0.2) is 25.7 Å². The van der Waals surface area contributed by atoms with E-state index >= 15 is 0 Å². The number of fused-ring (bicyclic) bond motifs is 3. The van der Waals surface area contributed by atoms with Gasteiger partial charge in [0.2, 0.25) is 0 Å². The third-order valence-electron chi connectivity index (χ3n) is 4.65. The highest BCUT2D eigenvalue weighted by Gasteiger charge is 2.30. The number of nitrogens with zero attached hydrogens (tertiary/aromatic N) is 1. The van der Waals surface area contributed by atoms with Crippen LogP contribution < -0.4 is 10.2 Å². The molecule has 3 heteroatoms. The molecule has 1 unspecified atom stereocenters. The average molecular weight is 282 g/mol. The van der Waals surface area contributed by atoms with Gasteiger partial charge in [-0.15, -0.1) is 0 Å². The number of hydrogen-bond donors (Lipinski definition) is 1. The fraction of sp³-hybridized carbons (Fsp3) is 0.333. The first-order valence-electron chi connectivity index (χ1n) is 7.67. The number of nitrogens with one attached hydrogen (secondary N) is 1. The molecule has 21 heavy (non-hydrogen) atoms. The van der Waals surface area contributed by atoms with Crippen molar-refractivity contribution in [2.24, 2.45) is 0 Å². The Bertz CT molecular complexity index is 651. The molecule has 1 atom stereocenters. The number of hydrogen-bond acceptors (Lipinski definition) is 2. The van der Waals surface area contributed by atoms with Crippen LogP contribution in [0.1, 0.15) is 12.0 Å². The van der Waals surface area contributed by atoms with Gasteiger partial charge in [-0.1, -0.05) is 24.3 Å². The minimum atomic E-state index is -0.182. The molecule has 1 fully saturated rings. The fourth-order valence-electron chi connectivity index (χ4n) is 3.54. The van der Waals surface area contributed by atoms with Crippen molar-refractivity contribution >= 4 is 5.69 Å². The summed E-state index contributed by atoms with van der Waals surface area (Å²) in [7, 11) is 0. The summed E-state index contributed by atoms with van der Waals surface area (Å²) in [5, 5.41) is 3.48. The Kier molecular flexibility index (Phi) is 3.15. The second kappa shape index (κ2) is 5.15. The summed E-state index contributed by atoms with van der Waals surface area (Å²) < 4.78 is 13.1. The van der Waals surface area contributed by atoms with Crippen molar-refractivity contribution in [1.29, 1.82) is 0 Å². The molecule has 1 N–H and O–H groups in total. The average Bonchev–Trinajstić information content (AvgIpc) is 2.68. The zero-order chi connectivity index (χ0) is 14.2. The zero-order valence-corrected chi connectivity index (χ0v) is 12.0. The van der Waals surface area contributed by atoms with Crippen molar-refractivity contribution in [3.63, 3.8) is 0 Å². The largest absolute Gasteiger partial charge is 0.367 e. The second-order valence-electron chi connectivity index (χ2n) is 5.94. The van der Waals surface area contributed by atoms with Crippen LogP contribution in [-0.2, 0) is 6.42 Å². The zero-order valence-electron chi connectivity index (χ0n) is 12.0. The van der Waals surface area contributed by atoms with Gasteiger partial charge in [0.25, 0.3) is 0 Å². The van der Waals surface area contributed by atoms with Gasteiger partial charge < -0.3 is 10.2 Å². The minimum absolute atomic E-state index is 0.182. The quantitative estimate of drug-likeness (QED) is 0.864. The topological polar surface area (TPSA) is 15.3 Å². The molecule has 2 aromatic rings. The van der Waals surface area contributed by atoms with Gasteiger partial charge in [-0.05, 0) is 54.3 Å². The van der Waals surface area contributed by atoms with Crippen molar-refractivity contribution in [2.45, 2.75) is 18.9 Å². The number of halogens is 1. The predicted octanol–water partition coefficient (Wildman–Crippen LogP) is 3.22. The van der Waals surface area contributed by atoms with Gasteiger partial charge in [-0.2, -0.15) is 0 Å². The number of rotatable bonds is 1. The van der Waals surface area contributed by atoms with E-state index in [0.717, 1.165) is 31.6 Å². The smallest absolute Gasteiger partial charge is 0.123 e. The summed E-state index contributed by atoms with van der Waals surface area (Å²) in [6.45, 7) is 3.24. The van der Waals surface area contributed by atoms with E-state index in [1.807, 2.05) is 12.1 Å². The lowest BCUT2D eigenvalue weighted by Gasteiger charge is -2.24. The summed E-state index contributed by atoms with van der Waals surface area (Å²) in [5.41, 5.74) is 5.07. The molecular weight excluding hydrogens is 263 g/mol. The number of anilines is 1. The summed E-state index contributed by atoms with van der Waals surface area (Å²) in [4.78, 5) is 2.54. The van der Waals surface area contributed by atoms with Crippen LogP contribution in [0.25, 0.3) is 11.1 Å². The lowest BCUT2D eigenvalue weighted by Crippen LogP contribution is -2.32. The molecule has 2 heterocycles. The van der Waals surface area contributed by atoms with Gasteiger partial charge in [0.15, 0.2) is 0 Å². The Morgan fingerprint density at radius 3 is 2.67 bits per heavy atom. The Hall–Kier alpha value is -1.87. The third-order valence-corrected chi connectivity index (χ3v) is 4.65.